The highest BCUT2D eigenvalue weighted by atomic mass is 32.2. The second-order valence-electron chi connectivity index (χ2n) is 7.18. The van der Waals surface area contributed by atoms with Crippen molar-refractivity contribution >= 4 is 24.0 Å². The quantitative estimate of drug-likeness (QED) is 0.461. The van der Waals surface area contributed by atoms with Crippen molar-refractivity contribution in [1.29, 1.82) is 0 Å². The predicted octanol–water partition coefficient (Wildman–Crippen LogP) is 4.05. The molecule has 30 heavy (non-hydrogen) atoms. The van der Waals surface area contributed by atoms with Crippen LogP contribution in [0.15, 0.2) is 64.4 Å². The van der Waals surface area contributed by atoms with Crippen LogP contribution in [-0.4, -0.2) is 29.7 Å². The highest BCUT2D eigenvalue weighted by Crippen LogP contribution is 2.42. The molecule has 0 saturated carbocycles. The van der Waals surface area contributed by atoms with Crippen molar-refractivity contribution in [3.05, 3.63) is 87.2 Å². The molecule has 0 N–H and O–H groups in total. The topological polar surface area (TPSA) is 65.4 Å². The number of carbonyl (C=O) groups is 2. The molecule has 6 heteroatoms. The fourth-order valence-electron chi connectivity index (χ4n) is 3.91. The van der Waals surface area contributed by atoms with Gasteiger partial charge in [0.05, 0.1) is 17.7 Å². The minimum atomic E-state index is -0.740. The van der Waals surface area contributed by atoms with Crippen LogP contribution in [0.3, 0.4) is 0 Å². The van der Waals surface area contributed by atoms with E-state index in [2.05, 4.69) is 0 Å². The molecule has 1 atom stereocenters. The summed E-state index contributed by atoms with van der Waals surface area (Å²) in [5.41, 5.74) is 4.23. The molecule has 0 aliphatic carbocycles. The molecule has 0 spiro atoms. The van der Waals surface area contributed by atoms with Crippen molar-refractivity contribution in [3.63, 3.8) is 0 Å². The molecule has 0 saturated heterocycles. The maximum atomic E-state index is 13.3. The molecule has 1 aliphatic heterocycles. The highest BCUT2D eigenvalue weighted by Gasteiger charge is 2.35. The Morgan fingerprint density at radius 1 is 1.17 bits per heavy atom. The Bertz CT molecular complexity index is 1180. The van der Waals surface area contributed by atoms with E-state index in [1.807, 2.05) is 61.5 Å². The van der Waals surface area contributed by atoms with Gasteiger partial charge in [-0.15, -0.1) is 11.8 Å². The lowest BCUT2D eigenvalue weighted by Gasteiger charge is -2.20. The fraction of sp³-hybridized carbons (Fsp3) is 0.208. The van der Waals surface area contributed by atoms with Crippen molar-refractivity contribution in [1.82, 2.24) is 4.57 Å². The number of aldehydes is 1. The van der Waals surface area contributed by atoms with Gasteiger partial charge in [0.15, 0.2) is 6.29 Å². The zero-order valence-corrected chi connectivity index (χ0v) is 17.6. The number of aromatic nitrogens is 1. The number of benzene rings is 2. The van der Waals surface area contributed by atoms with Crippen molar-refractivity contribution in [2.24, 2.45) is 0 Å². The van der Waals surface area contributed by atoms with Crippen LogP contribution in [0.5, 0.6) is 0 Å². The number of rotatable bonds is 5. The third-order valence-electron chi connectivity index (χ3n) is 5.48. The minimum absolute atomic E-state index is 0.0947. The second-order valence-corrected chi connectivity index (χ2v) is 8.19. The zero-order chi connectivity index (χ0) is 21.3. The number of ether oxygens (including phenoxy) is 1. The van der Waals surface area contributed by atoms with Crippen molar-refractivity contribution in [2.45, 2.75) is 24.4 Å². The van der Waals surface area contributed by atoms with E-state index in [1.54, 1.807) is 0 Å². The molecule has 0 amide bonds. The van der Waals surface area contributed by atoms with E-state index in [0.717, 1.165) is 22.3 Å². The first-order valence-corrected chi connectivity index (χ1v) is 10.6. The summed E-state index contributed by atoms with van der Waals surface area (Å²) in [5.74, 6) is -0.0840. The van der Waals surface area contributed by atoms with Gasteiger partial charge in [-0.05, 0) is 35.6 Å². The van der Waals surface area contributed by atoms with Crippen LogP contribution >= 0.6 is 11.8 Å². The van der Waals surface area contributed by atoms with Gasteiger partial charge in [0.1, 0.15) is 6.04 Å². The molecule has 0 unspecified atom stereocenters. The van der Waals surface area contributed by atoms with Crippen molar-refractivity contribution in [3.8, 4) is 11.1 Å². The molecule has 4 rings (SSSR count). The maximum absolute atomic E-state index is 13.3. The molecule has 2 heterocycles. The Morgan fingerprint density at radius 2 is 1.87 bits per heavy atom. The van der Waals surface area contributed by atoms with Gasteiger partial charge < -0.3 is 4.74 Å². The lowest BCUT2D eigenvalue weighted by Crippen LogP contribution is -2.33. The molecule has 1 aromatic heterocycles. The van der Waals surface area contributed by atoms with E-state index in [0.29, 0.717) is 29.0 Å². The Labute approximate surface area is 178 Å². The summed E-state index contributed by atoms with van der Waals surface area (Å²) in [6.07, 6.45) is 1.07. The zero-order valence-electron chi connectivity index (χ0n) is 16.8. The van der Waals surface area contributed by atoms with E-state index in [4.69, 9.17) is 4.74 Å². The van der Waals surface area contributed by atoms with Gasteiger partial charge in [0, 0.05) is 11.3 Å². The van der Waals surface area contributed by atoms with E-state index in [-0.39, 0.29) is 5.56 Å². The van der Waals surface area contributed by atoms with Crippen LogP contribution in [0.25, 0.3) is 11.1 Å². The van der Waals surface area contributed by atoms with Gasteiger partial charge in [-0.25, -0.2) is 4.79 Å². The van der Waals surface area contributed by atoms with E-state index in [9.17, 15) is 14.4 Å². The van der Waals surface area contributed by atoms with Crippen LogP contribution in [-0.2, 0) is 16.0 Å². The number of pyridine rings is 1. The standard InChI is InChI=1S/C24H21NO4S/c1-15-8-6-7-11-17(15)12-18-19(13-26)22(27)25-20(24(28)29-2)14-30-23(25)21(18)16-9-4-3-5-10-16/h3-11,13,20H,12,14H2,1-2H3/t20-/m0/s1. The van der Waals surface area contributed by atoms with Gasteiger partial charge in [-0.3, -0.25) is 14.2 Å². The van der Waals surface area contributed by atoms with Gasteiger partial charge in [-0.2, -0.15) is 0 Å². The number of fused-ring (bicyclic) bond motifs is 1. The van der Waals surface area contributed by atoms with Gasteiger partial charge in [0.25, 0.3) is 5.56 Å². The van der Waals surface area contributed by atoms with Crippen LogP contribution in [0.2, 0.25) is 0 Å². The molecular formula is C24H21NO4S. The molecule has 3 aromatic rings. The molecule has 5 nitrogen and oxygen atoms in total. The summed E-state index contributed by atoms with van der Waals surface area (Å²) in [6.45, 7) is 2.01. The summed E-state index contributed by atoms with van der Waals surface area (Å²) < 4.78 is 6.34. The number of esters is 1. The first-order valence-electron chi connectivity index (χ1n) is 9.64. The number of aryl methyl sites for hydroxylation is 1. The van der Waals surface area contributed by atoms with E-state index in [1.165, 1.54) is 23.4 Å². The fourth-order valence-corrected chi connectivity index (χ4v) is 5.24. The largest absolute Gasteiger partial charge is 0.467 e. The average Bonchev–Trinajstić information content (AvgIpc) is 3.21. The smallest absolute Gasteiger partial charge is 0.329 e. The Morgan fingerprint density at radius 3 is 2.53 bits per heavy atom. The van der Waals surface area contributed by atoms with E-state index >= 15 is 0 Å². The molecule has 2 aromatic carbocycles. The molecule has 0 fully saturated rings. The summed E-state index contributed by atoms with van der Waals surface area (Å²) in [6, 6.07) is 16.9. The minimum Gasteiger partial charge on any atom is -0.467 e. The normalized spacial score (nSPS) is 14.9. The predicted molar refractivity (Wildman–Crippen MR) is 117 cm³/mol. The molecule has 0 radical (unpaired) electrons. The number of nitrogens with zero attached hydrogens (tertiary/aromatic N) is 1. The molecule has 1 aliphatic rings. The van der Waals surface area contributed by atoms with Crippen LogP contribution < -0.4 is 5.56 Å². The summed E-state index contributed by atoms with van der Waals surface area (Å²) in [7, 11) is 1.31. The summed E-state index contributed by atoms with van der Waals surface area (Å²) in [4.78, 5) is 37.7. The van der Waals surface area contributed by atoms with Crippen molar-refractivity contribution in [2.75, 3.05) is 12.9 Å². The average molecular weight is 420 g/mol. The lowest BCUT2D eigenvalue weighted by atomic mass is 9.91. The summed E-state index contributed by atoms with van der Waals surface area (Å²) in [5, 5.41) is 0.704. The third-order valence-corrected chi connectivity index (χ3v) is 6.64. The van der Waals surface area contributed by atoms with E-state index < -0.39 is 17.6 Å². The Hall–Kier alpha value is -3.12. The Kier molecular flexibility index (Phi) is 5.59. The number of carbonyl (C=O) groups excluding carboxylic acids is 2. The second kappa shape index (κ2) is 8.32. The Balaban J connectivity index is 2.04. The number of hydrogen-bond donors (Lipinski definition) is 0. The maximum Gasteiger partial charge on any atom is 0.329 e. The summed E-state index contributed by atoms with van der Waals surface area (Å²) >= 11 is 1.45. The first kappa shape index (κ1) is 20.2. The van der Waals surface area contributed by atoms with Gasteiger partial charge >= 0.3 is 5.97 Å². The van der Waals surface area contributed by atoms with Crippen LogP contribution in [0, 0.1) is 6.92 Å². The van der Waals surface area contributed by atoms with Crippen LogP contribution in [0.1, 0.15) is 33.1 Å². The molecule has 152 valence electrons. The number of methoxy groups -OCH3 is 1. The van der Waals surface area contributed by atoms with Gasteiger partial charge in [0.2, 0.25) is 0 Å². The number of thioether (sulfide) groups is 1. The third kappa shape index (κ3) is 3.37. The molecule has 0 bridgehead atoms. The molecular weight excluding hydrogens is 398 g/mol. The monoisotopic (exact) mass is 419 g/mol. The SMILES string of the molecule is COC(=O)[C@@H]1CSc2c(-c3ccccc3)c(Cc3ccccc3C)c(C=O)c(=O)n21. The first-order chi connectivity index (χ1) is 14.6. The van der Waals surface area contributed by atoms with Crippen LogP contribution in [0.4, 0.5) is 0 Å². The highest BCUT2D eigenvalue weighted by molar-refractivity contribution is 7.99. The lowest BCUT2D eigenvalue weighted by molar-refractivity contribution is -0.143. The van der Waals surface area contributed by atoms with Gasteiger partial charge in [-0.1, -0.05) is 54.6 Å². The van der Waals surface area contributed by atoms with Crippen molar-refractivity contribution < 1.29 is 14.3 Å². The number of hydrogen-bond acceptors (Lipinski definition) is 5.